The molecule has 0 aliphatic carbocycles. The summed E-state index contributed by atoms with van der Waals surface area (Å²) in [4.78, 5) is 38.5. The zero-order valence-corrected chi connectivity index (χ0v) is 14.7. The van der Waals surface area contributed by atoms with Crippen molar-refractivity contribution >= 4 is 17.7 Å². The van der Waals surface area contributed by atoms with Crippen molar-refractivity contribution in [2.75, 3.05) is 6.54 Å². The first-order valence-electron chi connectivity index (χ1n) is 8.79. The number of amides is 3. The molecule has 2 aliphatic rings. The minimum absolute atomic E-state index is 0.0903. The number of halogens is 3. The molecule has 0 radical (unpaired) electrons. The van der Waals surface area contributed by atoms with Crippen LogP contribution in [0, 0.1) is 0 Å². The summed E-state index contributed by atoms with van der Waals surface area (Å²) in [5.74, 6) is -0.932. The Morgan fingerprint density at radius 1 is 1.26 bits per heavy atom. The number of piperazine rings is 1. The molecular formula is C18H20F3N3O3. The maximum Gasteiger partial charge on any atom is 0.416 e. The van der Waals surface area contributed by atoms with Gasteiger partial charge in [-0.25, -0.2) is 0 Å². The van der Waals surface area contributed by atoms with E-state index in [0.717, 1.165) is 30.7 Å². The van der Waals surface area contributed by atoms with Gasteiger partial charge in [0.15, 0.2) is 0 Å². The lowest BCUT2D eigenvalue weighted by atomic mass is 10.0. The molecule has 0 aromatic heterocycles. The fourth-order valence-corrected chi connectivity index (χ4v) is 3.53. The van der Waals surface area contributed by atoms with Crippen LogP contribution in [0.2, 0.25) is 0 Å². The zero-order valence-electron chi connectivity index (χ0n) is 14.7. The molecule has 3 rings (SSSR count). The van der Waals surface area contributed by atoms with Crippen LogP contribution in [0.3, 0.4) is 0 Å². The van der Waals surface area contributed by atoms with Crippen molar-refractivity contribution in [3.05, 3.63) is 35.4 Å². The normalized spacial score (nSPS) is 25.2. The molecule has 2 N–H and O–H groups in total. The Morgan fingerprint density at radius 3 is 2.52 bits per heavy atom. The Bertz CT molecular complexity index is 748. The van der Waals surface area contributed by atoms with E-state index in [4.69, 9.17) is 0 Å². The van der Waals surface area contributed by atoms with Gasteiger partial charge >= 0.3 is 6.18 Å². The van der Waals surface area contributed by atoms with Crippen LogP contribution in [-0.2, 0) is 15.8 Å². The summed E-state index contributed by atoms with van der Waals surface area (Å²) in [6.45, 7) is 2.13. The van der Waals surface area contributed by atoms with Crippen LogP contribution in [0.4, 0.5) is 13.2 Å². The zero-order chi connectivity index (χ0) is 19.8. The lowest BCUT2D eigenvalue weighted by Crippen LogP contribution is -2.61. The van der Waals surface area contributed by atoms with Gasteiger partial charge in [0.25, 0.3) is 5.91 Å². The van der Waals surface area contributed by atoms with Gasteiger partial charge in [-0.1, -0.05) is 13.3 Å². The molecule has 0 bridgehead atoms. The van der Waals surface area contributed by atoms with Crippen molar-refractivity contribution in [2.24, 2.45) is 0 Å². The molecule has 3 amide bonds. The molecule has 2 saturated heterocycles. The Kier molecular flexibility index (Phi) is 5.12. The minimum Gasteiger partial charge on any atom is -0.347 e. The fourth-order valence-electron chi connectivity index (χ4n) is 3.53. The highest BCUT2D eigenvalue weighted by Crippen LogP contribution is 2.29. The number of carbonyl (C=O) groups excluding carboxylic acids is 3. The number of benzene rings is 1. The molecule has 6 nitrogen and oxygen atoms in total. The average Bonchev–Trinajstić information content (AvgIpc) is 3.03. The molecular weight excluding hydrogens is 363 g/mol. The van der Waals surface area contributed by atoms with E-state index in [0.29, 0.717) is 6.42 Å². The highest BCUT2D eigenvalue weighted by Gasteiger charge is 2.46. The van der Waals surface area contributed by atoms with Crippen LogP contribution in [-0.4, -0.2) is 47.3 Å². The van der Waals surface area contributed by atoms with Crippen molar-refractivity contribution in [3.63, 3.8) is 0 Å². The van der Waals surface area contributed by atoms with Gasteiger partial charge in [-0.15, -0.1) is 0 Å². The molecule has 146 valence electrons. The van der Waals surface area contributed by atoms with Crippen molar-refractivity contribution in [3.8, 4) is 0 Å². The number of alkyl halides is 3. The van der Waals surface area contributed by atoms with Crippen molar-refractivity contribution in [1.29, 1.82) is 0 Å². The van der Waals surface area contributed by atoms with E-state index in [1.807, 2.05) is 6.92 Å². The highest BCUT2D eigenvalue weighted by atomic mass is 19.4. The molecule has 2 aliphatic heterocycles. The molecule has 27 heavy (non-hydrogen) atoms. The fraction of sp³-hybridized carbons (Fsp3) is 0.500. The van der Waals surface area contributed by atoms with Crippen molar-refractivity contribution < 1.29 is 27.6 Å². The first kappa shape index (κ1) is 19.2. The third-order valence-electron chi connectivity index (χ3n) is 4.89. The van der Waals surface area contributed by atoms with Crippen LogP contribution in [0.1, 0.15) is 42.1 Å². The van der Waals surface area contributed by atoms with Crippen LogP contribution >= 0.6 is 0 Å². The molecule has 9 heteroatoms. The summed E-state index contributed by atoms with van der Waals surface area (Å²) >= 11 is 0. The maximum atomic E-state index is 12.6. The Morgan fingerprint density at radius 2 is 1.93 bits per heavy atom. The molecule has 3 atom stereocenters. The summed E-state index contributed by atoms with van der Waals surface area (Å²) in [6.07, 6.45) is -2.88. The molecule has 0 spiro atoms. The number of nitrogens with one attached hydrogen (secondary N) is 2. The largest absolute Gasteiger partial charge is 0.416 e. The van der Waals surface area contributed by atoms with Gasteiger partial charge in [-0.3, -0.25) is 14.4 Å². The van der Waals surface area contributed by atoms with Gasteiger partial charge < -0.3 is 15.5 Å². The first-order valence-corrected chi connectivity index (χ1v) is 8.79. The molecule has 0 unspecified atom stereocenters. The number of fused-ring (bicyclic) bond motifs is 1. The second-order valence-corrected chi connectivity index (χ2v) is 6.84. The Labute approximate surface area is 154 Å². The average molecular weight is 383 g/mol. The summed E-state index contributed by atoms with van der Waals surface area (Å²) < 4.78 is 37.8. The Balaban J connectivity index is 1.65. The van der Waals surface area contributed by atoms with Gasteiger partial charge in [0, 0.05) is 18.2 Å². The number of rotatable bonds is 4. The first-order chi connectivity index (χ1) is 12.7. The quantitative estimate of drug-likeness (QED) is 0.831. The highest BCUT2D eigenvalue weighted by molar-refractivity contribution is 5.98. The van der Waals surface area contributed by atoms with E-state index in [1.54, 1.807) is 0 Å². The number of hydrogen-bond donors (Lipinski definition) is 2. The van der Waals surface area contributed by atoms with Crippen LogP contribution in [0.5, 0.6) is 0 Å². The van der Waals surface area contributed by atoms with Crippen molar-refractivity contribution in [1.82, 2.24) is 15.5 Å². The number of hydrogen-bond acceptors (Lipinski definition) is 3. The standard InChI is InChI=1S/C18H20F3N3O3/c1-2-3-13-17(27)24-9-12(8-14(24)16(26)23-13)22-15(25)10-4-6-11(7-5-10)18(19,20)21/h4-7,12-14H,2-3,8-9H2,1H3,(H,22,25)(H,23,26)/t12-,13-,14-/m0/s1. The monoisotopic (exact) mass is 383 g/mol. The van der Waals surface area contributed by atoms with E-state index in [1.165, 1.54) is 4.90 Å². The van der Waals surface area contributed by atoms with E-state index < -0.39 is 35.8 Å². The van der Waals surface area contributed by atoms with E-state index in [-0.39, 0.29) is 30.3 Å². The molecule has 1 aromatic rings. The van der Waals surface area contributed by atoms with Gasteiger partial charge in [0.1, 0.15) is 12.1 Å². The van der Waals surface area contributed by atoms with Crippen LogP contribution in [0.25, 0.3) is 0 Å². The lowest BCUT2D eigenvalue weighted by molar-refractivity contribution is -0.147. The molecule has 2 heterocycles. The van der Waals surface area contributed by atoms with E-state index in [2.05, 4.69) is 10.6 Å². The predicted octanol–water partition coefficient (Wildman–Crippen LogP) is 1.70. The topological polar surface area (TPSA) is 78.5 Å². The third kappa shape index (κ3) is 3.91. The van der Waals surface area contributed by atoms with Gasteiger partial charge in [-0.2, -0.15) is 13.2 Å². The second kappa shape index (κ2) is 7.21. The third-order valence-corrected chi connectivity index (χ3v) is 4.89. The SMILES string of the molecule is CCC[C@@H]1NC(=O)[C@@H]2C[C@H](NC(=O)c3ccc(C(F)(F)F)cc3)CN2C1=O. The lowest BCUT2D eigenvalue weighted by Gasteiger charge is -2.34. The second-order valence-electron chi connectivity index (χ2n) is 6.84. The minimum atomic E-state index is -4.47. The van der Waals surface area contributed by atoms with E-state index in [9.17, 15) is 27.6 Å². The van der Waals surface area contributed by atoms with Crippen molar-refractivity contribution in [2.45, 2.75) is 50.5 Å². The van der Waals surface area contributed by atoms with E-state index >= 15 is 0 Å². The summed E-state index contributed by atoms with van der Waals surface area (Å²) in [5, 5.41) is 5.42. The molecule has 1 aromatic carbocycles. The van der Waals surface area contributed by atoms with Gasteiger partial charge in [0.2, 0.25) is 11.8 Å². The van der Waals surface area contributed by atoms with Crippen LogP contribution < -0.4 is 10.6 Å². The van der Waals surface area contributed by atoms with Gasteiger partial charge in [0.05, 0.1) is 5.56 Å². The smallest absolute Gasteiger partial charge is 0.347 e. The number of carbonyl (C=O) groups is 3. The maximum absolute atomic E-state index is 12.6. The number of nitrogens with zero attached hydrogens (tertiary/aromatic N) is 1. The van der Waals surface area contributed by atoms with Gasteiger partial charge in [-0.05, 0) is 37.1 Å². The summed E-state index contributed by atoms with van der Waals surface area (Å²) in [5.41, 5.74) is -0.742. The summed E-state index contributed by atoms with van der Waals surface area (Å²) in [7, 11) is 0. The molecule has 0 saturated carbocycles. The molecule has 2 fully saturated rings. The predicted molar refractivity (Wildman–Crippen MR) is 89.7 cm³/mol. The summed E-state index contributed by atoms with van der Waals surface area (Å²) in [6, 6.07) is 2.32. The Hall–Kier alpha value is -2.58. The van der Waals surface area contributed by atoms with Crippen LogP contribution in [0.15, 0.2) is 24.3 Å².